The number of allylic oxidation sites excluding steroid dienone is 1. The fourth-order valence-electron chi connectivity index (χ4n) is 3.35. The summed E-state index contributed by atoms with van der Waals surface area (Å²) in [4.78, 5) is 24.8. The third-order valence-electron chi connectivity index (χ3n) is 4.72. The first kappa shape index (κ1) is 20.4. The Bertz CT molecular complexity index is 909. The first-order chi connectivity index (χ1) is 13.5. The molecule has 2 aromatic rings. The number of amides is 1. The summed E-state index contributed by atoms with van der Waals surface area (Å²) in [6.07, 6.45) is 1.72. The molecule has 2 aromatic carbocycles. The number of rotatable bonds is 6. The van der Waals surface area contributed by atoms with Crippen LogP contribution in [-0.2, 0) is 20.7 Å². The third kappa shape index (κ3) is 4.94. The van der Waals surface area contributed by atoms with Crippen LogP contribution in [0.4, 0.5) is 0 Å². The third-order valence-corrected chi connectivity index (χ3v) is 5.46. The van der Waals surface area contributed by atoms with Crippen molar-refractivity contribution < 1.29 is 14.3 Å². The summed E-state index contributed by atoms with van der Waals surface area (Å²) in [5, 5.41) is 3.55. The zero-order chi connectivity index (χ0) is 20.1. The lowest BCUT2D eigenvalue weighted by atomic mass is 9.84. The van der Waals surface area contributed by atoms with Crippen LogP contribution in [-0.4, -0.2) is 18.5 Å². The number of aryl methyl sites for hydroxylation is 1. The molecule has 0 saturated heterocycles. The van der Waals surface area contributed by atoms with Crippen LogP contribution in [0.25, 0.3) is 0 Å². The number of ether oxygens (including phenoxy) is 1. The summed E-state index contributed by atoms with van der Waals surface area (Å²) >= 11 is 12.1. The van der Waals surface area contributed by atoms with Crippen LogP contribution in [0, 0.1) is 0 Å². The number of benzene rings is 2. The van der Waals surface area contributed by atoms with Crippen LogP contribution in [0.3, 0.4) is 0 Å². The van der Waals surface area contributed by atoms with Gasteiger partial charge in [0, 0.05) is 18.0 Å². The highest BCUT2D eigenvalue weighted by molar-refractivity contribution is 6.42. The Kier molecular flexibility index (Phi) is 6.76. The molecule has 0 bridgehead atoms. The summed E-state index contributed by atoms with van der Waals surface area (Å²) in [6, 6.07) is 15.2. The van der Waals surface area contributed by atoms with Gasteiger partial charge in [0.25, 0.3) is 0 Å². The minimum absolute atomic E-state index is 0.144. The second-order valence-electron chi connectivity index (χ2n) is 6.74. The quantitative estimate of drug-likeness (QED) is 0.528. The number of carbonyl (C=O) groups excluding carboxylic acids is 2. The molecular formula is C22H21Cl2NO3. The van der Waals surface area contributed by atoms with Crippen molar-refractivity contribution in [3.05, 3.63) is 81.0 Å². The van der Waals surface area contributed by atoms with E-state index in [1.165, 1.54) is 5.56 Å². The average molecular weight is 418 g/mol. The molecule has 146 valence electrons. The maximum atomic E-state index is 12.8. The largest absolute Gasteiger partial charge is 0.462 e. The zero-order valence-electron chi connectivity index (χ0n) is 15.5. The highest BCUT2D eigenvalue weighted by atomic mass is 35.5. The first-order valence-corrected chi connectivity index (χ1v) is 9.88. The smallest absolute Gasteiger partial charge is 0.336 e. The molecule has 1 aliphatic heterocycles. The molecule has 1 aliphatic rings. The van der Waals surface area contributed by atoms with Gasteiger partial charge in [-0.1, -0.05) is 59.6 Å². The minimum atomic E-state index is -0.415. The van der Waals surface area contributed by atoms with Crippen molar-refractivity contribution in [3.63, 3.8) is 0 Å². The summed E-state index contributed by atoms with van der Waals surface area (Å²) in [5.41, 5.74) is 2.94. The number of nitrogens with one attached hydrogen (secondary N) is 1. The summed E-state index contributed by atoms with van der Waals surface area (Å²) < 4.78 is 5.51. The van der Waals surface area contributed by atoms with Gasteiger partial charge in [-0.2, -0.15) is 0 Å². The fraction of sp³-hybridized carbons (Fsp3) is 0.273. The standard InChI is InChI=1S/C22H21Cl2NO3/c1-14-21(22(27)28-11-5-8-15-6-3-2-4-7-15)17(13-20(26)25-14)16-9-10-18(23)19(24)12-16/h2-4,6-7,9-10,12,17H,5,8,11,13H2,1H3,(H,25,26). The number of carbonyl (C=O) groups is 2. The Hall–Kier alpha value is -2.30. The van der Waals surface area contributed by atoms with Gasteiger partial charge >= 0.3 is 5.97 Å². The molecule has 1 N–H and O–H groups in total. The first-order valence-electron chi connectivity index (χ1n) is 9.12. The fourth-order valence-corrected chi connectivity index (χ4v) is 3.66. The van der Waals surface area contributed by atoms with Gasteiger partial charge in [0.1, 0.15) is 0 Å². The number of esters is 1. The monoisotopic (exact) mass is 417 g/mol. The number of hydrogen-bond acceptors (Lipinski definition) is 3. The van der Waals surface area contributed by atoms with E-state index in [1.807, 2.05) is 30.3 Å². The molecule has 0 aliphatic carbocycles. The molecular weight excluding hydrogens is 397 g/mol. The van der Waals surface area contributed by atoms with Crippen LogP contribution in [0.15, 0.2) is 59.8 Å². The highest BCUT2D eigenvalue weighted by Gasteiger charge is 2.33. The van der Waals surface area contributed by atoms with Gasteiger partial charge in [0.2, 0.25) is 5.91 Å². The Morgan fingerprint density at radius 2 is 1.89 bits per heavy atom. The predicted octanol–water partition coefficient (Wildman–Crippen LogP) is 5.05. The molecule has 6 heteroatoms. The van der Waals surface area contributed by atoms with E-state index in [4.69, 9.17) is 27.9 Å². The molecule has 1 atom stereocenters. The van der Waals surface area contributed by atoms with E-state index in [0.29, 0.717) is 27.9 Å². The second-order valence-corrected chi connectivity index (χ2v) is 7.56. The van der Waals surface area contributed by atoms with Gasteiger partial charge in [-0.05, 0) is 43.0 Å². The molecule has 0 aromatic heterocycles. The van der Waals surface area contributed by atoms with Crippen molar-refractivity contribution in [2.45, 2.75) is 32.1 Å². The summed E-state index contributed by atoms with van der Waals surface area (Å²) in [7, 11) is 0. The molecule has 0 spiro atoms. The van der Waals surface area contributed by atoms with E-state index < -0.39 is 11.9 Å². The van der Waals surface area contributed by atoms with Crippen molar-refractivity contribution in [1.29, 1.82) is 0 Å². The summed E-state index contributed by atoms with van der Waals surface area (Å²) in [5.74, 6) is -0.971. The van der Waals surface area contributed by atoms with E-state index in [9.17, 15) is 9.59 Å². The van der Waals surface area contributed by atoms with Crippen LogP contribution in [0.2, 0.25) is 10.0 Å². The number of hydrogen-bond donors (Lipinski definition) is 1. The molecule has 0 saturated carbocycles. The van der Waals surface area contributed by atoms with Crippen molar-refractivity contribution in [3.8, 4) is 0 Å². The van der Waals surface area contributed by atoms with Gasteiger partial charge in [-0.25, -0.2) is 4.79 Å². The Balaban J connectivity index is 1.70. The van der Waals surface area contributed by atoms with Crippen LogP contribution in [0.1, 0.15) is 36.8 Å². The van der Waals surface area contributed by atoms with Gasteiger partial charge in [-0.15, -0.1) is 0 Å². The van der Waals surface area contributed by atoms with Gasteiger partial charge in [0.05, 0.1) is 22.2 Å². The molecule has 1 heterocycles. The van der Waals surface area contributed by atoms with Gasteiger partial charge in [0.15, 0.2) is 0 Å². The van der Waals surface area contributed by atoms with E-state index in [0.717, 1.165) is 18.4 Å². The normalized spacial score (nSPS) is 16.7. The lowest BCUT2D eigenvalue weighted by Gasteiger charge is -2.26. The topological polar surface area (TPSA) is 55.4 Å². The summed E-state index contributed by atoms with van der Waals surface area (Å²) in [6.45, 7) is 2.02. The molecule has 1 unspecified atom stereocenters. The van der Waals surface area contributed by atoms with E-state index in [-0.39, 0.29) is 12.3 Å². The lowest BCUT2D eigenvalue weighted by molar-refractivity contribution is -0.139. The molecule has 4 nitrogen and oxygen atoms in total. The van der Waals surface area contributed by atoms with Crippen molar-refractivity contribution in [1.82, 2.24) is 5.32 Å². The SMILES string of the molecule is CC1=C(C(=O)OCCCc2ccccc2)C(c2ccc(Cl)c(Cl)c2)CC(=O)N1. The Morgan fingerprint density at radius 3 is 2.61 bits per heavy atom. The zero-order valence-corrected chi connectivity index (χ0v) is 17.0. The van der Waals surface area contributed by atoms with Crippen molar-refractivity contribution in [2.75, 3.05) is 6.61 Å². The van der Waals surface area contributed by atoms with E-state index in [2.05, 4.69) is 5.32 Å². The van der Waals surface area contributed by atoms with Crippen LogP contribution >= 0.6 is 23.2 Å². The second kappa shape index (κ2) is 9.26. The minimum Gasteiger partial charge on any atom is -0.462 e. The highest BCUT2D eigenvalue weighted by Crippen LogP contribution is 2.36. The van der Waals surface area contributed by atoms with Gasteiger partial charge in [-0.3, -0.25) is 4.79 Å². The molecule has 28 heavy (non-hydrogen) atoms. The average Bonchev–Trinajstić information content (AvgIpc) is 2.67. The van der Waals surface area contributed by atoms with Crippen LogP contribution in [0.5, 0.6) is 0 Å². The molecule has 1 amide bonds. The van der Waals surface area contributed by atoms with Crippen LogP contribution < -0.4 is 5.32 Å². The van der Waals surface area contributed by atoms with Crippen molar-refractivity contribution >= 4 is 35.1 Å². The van der Waals surface area contributed by atoms with E-state index in [1.54, 1.807) is 25.1 Å². The molecule has 3 rings (SSSR count). The maximum absolute atomic E-state index is 12.8. The molecule has 0 radical (unpaired) electrons. The van der Waals surface area contributed by atoms with Crippen molar-refractivity contribution in [2.24, 2.45) is 0 Å². The maximum Gasteiger partial charge on any atom is 0.336 e. The predicted molar refractivity (Wildman–Crippen MR) is 110 cm³/mol. The lowest BCUT2D eigenvalue weighted by Crippen LogP contribution is -2.34. The number of halogens is 2. The Labute approximate surface area is 174 Å². The molecule has 0 fully saturated rings. The van der Waals surface area contributed by atoms with Gasteiger partial charge < -0.3 is 10.1 Å². The van der Waals surface area contributed by atoms with E-state index >= 15 is 0 Å². The Morgan fingerprint density at radius 1 is 1.14 bits per heavy atom.